The van der Waals surface area contributed by atoms with Crippen LogP contribution in [0.25, 0.3) is 0 Å². The summed E-state index contributed by atoms with van der Waals surface area (Å²) < 4.78 is 36.8. The molecular formula is C5H4F3N5O2. The van der Waals surface area contributed by atoms with Crippen LogP contribution in [0.4, 0.5) is 30.6 Å². The minimum absolute atomic E-state index is 0.773. The number of nitrogens with two attached hydrogens (primary N) is 2. The summed E-state index contributed by atoms with van der Waals surface area (Å²) >= 11 is 0. The standard InChI is InChI=1S/C5H4F3N5O2/c6-5(7,8)2-1(13(14)15)3(9)12-4(10)11-2/h(H4,9,10,11,12). The molecule has 0 amide bonds. The van der Waals surface area contributed by atoms with Gasteiger partial charge in [0.1, 0.15) is 0 Å². The molecule has 0 saturated carbocycles. The van der Waals surface area contributed by atoms with Crippen molar-refractivity contribution in [2.24, 2.45) is 0 Å². The Morgan fingerprint density at radius 1 is 1.27 bits per heavy atom. The molecule has 0 spiro atoms. The first kappa shape index (κ1) is 10.9. The molecule has 82 valence electrons. The summed E-state index contributed by atoms with van der Waals surface area (Å²) in [6, 6.07) is 0. The van der Waals surface area contributed by atoms with Crippen LogP contribution in [-0.4, -0.2) is 14.9 Å². The van der Waals surface area contributed by atoms with Crippen LogP contribution in [0.3, 0.4) is 0 Å². The maximum atomic E-state index is 12.3. The summed E-state index contributed by atoms with van der Waals surface area (Å²) in [5.74, 6) is -1.69. The van der Waals surface area contributed by atoms with Gasteiger partial charge in [-0.3, -0.25) is 10.1 Å². The third kappa shape index (κ3) is 2.03. The lowest BCUT2D eigenvalue weighted by Crippen LogP contribution is -2.16. The van der Waals surface area contributed by atoms with Gasteiger partial charge in [0, 0.05) is 0 Å². The van der Waals surface area contributed by atoms with Gasteiger partial charge in [0.2, 0.25) is 17.5 Å². The van der Waals surface area contributed by atoms with E-state index in [2.05, 4.69) is 9.97 Å². The summed E-state index contributed by atoms with van der Waals surface area (Å²) in [6.07, 6.45) is -5.01. The van der Waals surface area contributed by atoms with E-state index in [1.807, 2.05) is 0 Å². The molecular weight excluding hydrogens is 219 g/mol. The molecule has 4 N–H and O–H groups in total. The summed E-state index contributed by atoms with van der Waals surface area (Å²) in [5, 5.41) is 10.3. The van der Waals surface area contributed by atoms with Gasteiger partial charge in [-0.25, -0.2) is 4.98 Å². The minimum atomic E-state index is -5.01. The van der Waals surface area contributed by atoms with Crippen LogP contribution in [0.5, 0.6) is 0 Å². The number of hydrogen-bond donors (Lipinski definition) is 2. The summed E-state index contributed by atoms with van der Waals surface area (Å²) in [5.41, 5.74) is 6.70. The molecule has 0 aliphatic heterocycles. The second-order valence-corrected chi connectivity index (χ2v) is 2.42. The lowest BCUT2D eigenvalue weighted by atomic mass is 10.3. The first-order chi connectivity index (χ1) is 6.73. The summed E-state index contributed by atoms with van der Waals surface area (Å²) in [7, 11) is 0. The fraction of sp³-hybridized carbons (Fsp3) is 0.200. The number of alkyl halides is 3. The zero-order chi connectivity index (χ0) is 11.8. The molecule has 1 aromatic heterocycles. The van der Waals surface area contributed by atoms with E-state index in [1.165, 1.54) is 0 Å². The first-order valence-electron chi connectivity index (χ1n) is 3.38. The number of halogens is 3. The maximum Gasteiger partial charge on any atom is 0.440 e. The highest BCUT2D eigenvalue weighted by Crippen LogP contribution is 2.37. The zero-order valence-corrected chi connectivity index (χ0v) is 6.95. The Balaban J connectivity index is 3.54. The normalized spacial score (nSPS) is 11.4. The van der Waals surface area contributed by atoms with Crippen LogP contribution in [0.1, 0.15) is 5.69 Å². The van der Waals surface area contributed by atoms with E-state index in [0.29, 0.717) is 0 Å². The van der Waals surface area contributed by atoms with E-state index in [0.717, 1.165) is 0 Å². The molecule has 0 bridgehead atoms. The molecule has 0 saturated heterocycles. The highest BCUT2D eigenvalue weighted by Gasteiger charge is 2.42. The van der Waals surface area contributed by atoms with Crippen molar-refractivity contribution in [2.45, 2.75) is 6.18 Å². The lowest BCUT2D eigenvalue weighted by Gasteiger charge is -2.07. The average Bonchev–Trinajstić information content (AvgIpc) is 1.99. The van der Waals surface area contributed by atoms with E-state index in [9.17, 15) is 23.3 Å². The number of nitro groups is 1. The van der Waals surface area contributed by atoms with Gasteiger partial charge in [-0.1, -0.05) is 0 Å². The smallest absolute Gasteiger partial charge is 0.378 e. The third-order valence-electron chi connectivity index (χ3n) is 1.38. The van der Waals surface area contributed by atoms with Gasteiger partial charge < -0.3 is 11.5 Å². The Hall–Kier alpha value is -2.13. The molecule has 0 unspecified atom stereocenters. The molecule has 0 aromatic carbocycles. The summed E-state index contributed by atoms with van der Waals surface area (Å²) in [6.45, 7) is 0. The Morgan fingerprint density at radius 3 is 2.20 bits per heavy atom. The van der Waals surface area contributed by atoms with Gasteiger partial charge in [-0.05, 0) is 0 Å². The fourth-order valence-electron chi connectivity index (χ4n) is 0.868. The molecule has 1 aromatic rings. The van der Waals surface area contributed by atoms with Crippen molar-refractivity contribution in [1.82, 2.24) is 9.97 Å². The fourth-order valence-corrected chi connectivity index (χ4v) is 0.868. The third-order valence-corrected chi connectivity index (χ3v) is 1.38. The molecule has 1 rings (SSSR count). The van der Waals surface area contributed by atoms with E-state index in [1.54, 1.807) is 0 Å². The van der Waals surface area contributed by atoms with E-state index in [-0.39, 0.29) is 0 Å². The second kappa shape index (κ2) is 3.22. The predicted molar refractivity (Wildman–Crippen MR) is 42.5 cm³/mol. The van der Waals surface area contributed by atoms with Gasteiger partial charge in [-0.15, -0.1) is 0 Å². The highest BCUT2D eigenvalue weighted by molar-refractivity contribution is 5.58. The van der Waals surface area contributed by atoms with Crippen molar-refractivity contribution in [3.8, 4) is 0 Å². The number of aromatic nitrogens is 2. The topological polar surface area (TPSA) is 121 Å². The predicted octanol–water partition coefficient (Wildman–Crippen LogP) is 0.568. The number of hydrogen-bond acceptors (Lipinski definition) is 6. The van der Waals surface area contributed by atoms with Crippen LogP contribution >= 0.6 is 0 Å². The van der Waals surface area contributed by atoms with Gasteiger partial charge >= 0.3 is 11.9 Å². The number of nitrogen functional groups attached to an aromatic ring is 2. The van der Waals surface area contributed by atoms with E-state index in [4.69, 9.17) is 11.5 Å². The highest BCUT2D eigenvalue weighted by atomic mass is 19.4. The monoisotopic (exact) mass is 223 g/mol. The average molecular weight is 223 g/mol. The Labute approximate surface area is 80.1 Å². The molecule has 0 radical (unpaired) electrons. The minimum Gasteiger partial charge on any atom is -0.378 e. The molecule has 7 nitrogen and oxygen atoms in total. The van der Waals surface area contributed by atoms with Crippen molar-refractivity contribution < 1.29 is 18.1 Å². The number of anilines is 2. The van der Waals surface area contributed by atoms with E-state index < -0.39 is 34.2 Å². The maximum absolute atomic E-state index is 12.3. The first-order valence-corrected chi connectivity index (χ1v) is 3.38. The molecule has 1 heterocycles. The van der Waals surface area contributed by atoms with Gasteiger partial charge in [-0.2, -0.15) is 18.2 Å². The van der Waals surface area contributed by atoms with Crippen molar-refractivity contribution >= 4 is 17.5 Å². The Kier molecular flexibility index (Phi) is 2.35. The largest absolute Gasteiger partial charge is 0.440 e. The van der Waals surface area contributed by atoms with Crippen LogP contribution < -0.4 is 11.5 Å². The van der Waals surface area contributed by atoms with Crippen LogP contribution in [0.15, 0.2) is 0 Å². The van der Waals surface area contributed by atoms with Crippen molar-refractivity contribution in [2.75, 3.05) is 11.5 Å². The number of nitrogens with zero attached hydrogens (tertiary/aromatic N) is 3. The van der Waals surface area contributed by atoms with Gasteiger partial charge in [0.05, 0.1) is 4.92 Å². The van der Waals surface area contributed by atoms with Gasteiger partial charge in [0.15, 0.2) is 0 Å². The SMILES string of the molecule is Nc1nc(N)c([N+](=O)[O-])c(C(F)(F)F)n1. The second-order valence-electron chi connectivity index (χ2n) is 2.42. The molecule has 0 atom stereocenters. The number of rotatable bonds is 1. The molecule has 0 fully saturated rings. The summed E-state index contributed by atoms with van der Waals surface area (Å²) in [4.78, 5) is 14.8. The molecule has 10 heteroatoms. The van der Waals surface area contributed by atoms with Crippen molar-refractivity contribution in [3.05, 3.63) is 15.8 Å². The van der Waals surface area contributed by atoms with Gasteiger partial charge in [0.25, 0.3) is 0 Å². The Morgan fingerprint density at radius 2 is 1.80 bits per heavy atom. The van der Waals surface area contributed by atoms with Crippen LogP contribution in [0.2, 0.25) is 0 Å². The lowest BCUT2D eigenvalue weighted by molar-refractivity contribution is -0.387. The van der Waals surface area contributed by atoms with Crippen molar-refractivity contribution in [3.63, 3.8) is 0 Å². The molecule has 0 aliphatic rings. The van der Waals surface area contributed by atoms with Crippen LogP contribution in [0, 0.1) is 10.1 Å². The quantitative estimate of drug-likeness (QED) is 0.530. The molecule has 15 heavy (non-hydrogen) atoms. The van der Waals surface area contributed by atoms with Crippen molar-refractivity contribution in [1.29, 1.82) is 0 Å². The zero-order valence-electron chi connectivity index (χ0n) is 6.95. The molecule has 0 aliphatic carbocycles. The Bertz CT molecular complexity index is 418. The van der Waals surface area contributed by atoms with E-state index >= 15 is 0 Å². The van der Waals surface area contributed by atoms with Crippen LogP contribution in [-0.2, 0) is 6.18 Å².